The Hall–Kier alpha value is -2.36. The van der Waals surface area contributed by atoms with Gasteiger partial charge >= 0.3 is 0 Å². The van der Waals surface area contributed by atoms with Gasteiger partial charge in [-0.2, -0.15) is 0 Å². The number of nitrogens with zero attached hydrogens (tertiary/aromatic N) is 1. The number of phenols is 1. The summed E-state index contributed by atoms with van der Waals surface area (Å²) < 4.78 is 0. The van der Waals surface area contributed by atoms with Gasteiger partial charge in [0.25, 0.3) is 5.91 Å². The summed E-state index contributed by atoms with van der Waals surface area (Å²) in [5.74, 6) is -0.0178. The third-order valence-electron chi connectivity index (χ3n) is 3.02. The smallest absolute Gasteiger partial charge is 0.274 e. The Kier molecular flexibility index (Phi) is 3.51. The van der Waals surface area contributed by atoms with Crippen LogP contribution in [0.2, 0.25) is 0 Å². The zero-order chi connectivity index (χ0) is 14.0. The normalized spacial score (nSPS) is 10.3. The fourth-order valence-electron chi connectivity index (χ4n) is 1.84. The molecule has 19 heavy (non-hydrogen) atoms. The van der Waals surface area contributed by atoms with Crippen LogP contribution in [0.4, 0.5) is 5.69 Å². The van der Waals surface area contributed by atoms with Crippen LogP contribution in [0.15, 0.2) is 30.5 Å². The first-order chi connectivity index (χ1) is 8.99. The summed E-state index contributed by atoms with van der Waals surface area (Å²) in [6.07, 6.45) is 1.59. The molecule has 2 aromatic rings. The minimum atomic E-state index is -0.244. The number of benzene rings is 1. The molecule has 1 aromatic heterocycles. The molecule has 0 fully saturated rings. The van der Waals surface area contributed by atoms with Crippen molar-refractivity contribution in [2.24, 2.45) is 0 Å². The molecule has 1 heterocycles. The molecular weight excluding hydrogens is 240 g/mol. The van der Waals surface area contributed by atoms with Gasteiger partial charge in [0.1, 0.15) is 11.4 Å². The zero-order valence-corrected chi connectivity index (χ0v) is 11.2. The number of hydrogen-bond acceptors (Lipinski definition) is 3. The summed E-state index contributed by atoms with van der Waals surface area (Å²) in [5, 5.41) is 12.4. The molecule has 1 aromatic carbocycles. The van der Waals surface area contributed by atoms with Crippen molar-refractivity contribution in [3.63, 3.8) is 0 Å². The Balaban J connectivity index is 2.30. The lowest BCUT2D eigenvalue weighted by Crippen LogP contribution is -2.15. The lowest BCUT2D eigenvalue weighted by Gasteiger charge is -2.11. The standard InChI is InChI=1S/C15H16N2O2/c1-9-5-4-6-16-14(9)15(19)17-12-7-11(3)13(18)8-10(12)2/h4-8,18H,1-3H3,(H,17,19). The van der Waals surface area contributed by atoms with Crippen LogP contribution in [0.1, 0.15) is 27.2 Å². The van der Waals surface area contributed by atoms with Crippen LogP contribution in [-0.4, -0.2) is 16.0 Å². The van der Waals surface area contributed by atoms with E-state index in [9.17, 15) is 9.90 Å². The van der Waals surface area contributed by atoms with Gasteiger partial charge in [-0.3, -0.25) is 9.78 Å². The van der Waals surface area contributed by atoms with E-state index in [1.165, 1.54) is 0 Å². The summed E-state index contributed by atoms with van der Waals surface area (Å²) in [6, 6.07) is 7.02. The van der Waals surface area contributed by atoms with E-state index in [1.807, 2.05) is 19.9 Å². The molecule has 4 heteroatoms. The Morgan fingerprint density at radius 3 is 2.58 bits per heavy atom. The minimum Gasteiger partial charge on any atom is -0.508 e. The Labute approximate surface area is 112 Å². The summed E-state index contributed by atoms with van der Waals surface area (Å²) >= 11 is 0. The quantitative estimate of drug-likeness (QED) is 0.812. The molecule has 0 saturated carbocycles. The van der Waals surface area contributed by atoms with E-state index in [4.69, 9.17) is 0 Å². The number of carbonyl (C=O) groups is 1. The van der Waals surface area contributed by atoms with Gasteiger partial charge in [-0.25, -0.2) is 0 Å². The summed E-state index contributed by atoms with van der Waals surface area (Å²) in [5.41, 5.74) is 3.45. The van der Waals surface area contributed by atoms with E-state index in [-0.39, 0.29) is 11.7 Å². The molecule has 0 aliphatic carbocycles. The van der Waals surface area contributed by atoms with E-state index in [1.54, 1.807) is 31.3 Å². The Morgan fingerprint density at radius 1 is 1.16 bits per heavy atom. The number of anilines is 1. The van der Waals surface area contributed by atoms with Crippen molar-refractivity contribution in [1.29, 1.82) is 0 Å². The number of nitrogens with one attached hydrogen (secondary N) is 1. The summed E-state index contributed by atoms with van der Waals surface area (Å²) in [6.45, 7) is 5.47. The molecule has 0 aliphatic rings. The third kappa shape index (κ3) is 2.73. The zero-order valence-electron chi connectivity index (χ0n) is 11.2. The predicted octanol–water partition coefficient (Wildman–Crippen LogP) is 2.96. The maximum absolute atomic E-state index is 12.1. The number of rotatable bonds is 2. The van der Waals surface area contributed by atoms with E-state index in [0.717, 1.165) is 16.7 Å². The molecule has 98 valence electrons. The monoisotopic (exact) mass is 256 g/mol. The first-order valence-electron chi connectivity index (χ1n) is 6.02. The SMILES string of the molecule is Cc1cc(NC(=O)c2ncccc2C)c(C)cc1O. The van der Waals surface area contributed by atoms with Crippen molar-refractivity contribution in [2.75, 3.05) is 5.32 Å². The van der Waals surface area contributed by atoms with Crippen molar-refractivity contribution in [3.05, 3.63) is 52.8 Å². The van der Waals surface area contributed by atoms with E-state index < -0.39 is 0 Å². The molecule has 0 unspecified atom stereocenters. The highest BCUT2D eigenvalue weighted by Gasteiger charge is 2.12. The Bertz CT molecular complexity index is 636. The maximum atomic E-state index is 12.1. The van der Waals surface area contributed by atoms with Gasteiger partial charge in [-0.1, -0.05) is 6.07 Å². The van der Waals surface area contributed by atoms with Gasteiger partial charge in [0.2, 0.25) is 0 Å². The van der Waals surface area contributed by atoms with Crippen LogP contribution >= 0.6 is 0 Å². The number of phenolic OH excluding ortho intramolecular Hbond substituents is 1. The molecule has 1 amide bonds. The van der Waals surface area contributed by atoms with Crippen molar-refractivity contribution in [3.8, 4) is 5.75 Å². The molecule has 4 nitrogen and oxygen atoms in total. The average Bonchev–Trinajstić information content (AvgIpc) is 2.36. The van der Waals surface area contributed by atoms with Gasteiger partial charge in [-0.15, -0.1) is 0 Å². The molecule has 0 saturated heterocycles. The molecule has 0 bridgehead atoms. The molecule has 0 atom stereocenters. The van der Waals surface area contributed by atoms with Crippen molar-refractivity contribution < 1.29 is 9.90 Å². The molecular formula is C15H16N2O2. The fourth-order valence-corrected chi connectivity index (χ4v) is 1.84. The highest BCUT2D eigenvalue weighted by Crippen LogP contribution is 2.25. The second-order valence-electron chi connectivity index (χ2n) is 4.58. The van der Waals surface area contributed by atoms with Gasteiger partial charge in [0.15, 0.2) is 0 Å². The lowest BCUT2D eigenvalue weighted by molar-refractivity contribution is 0.102. The number of aromatic nitrogens is 1. The van der Waals surface area contributed by atoms with Crippen molar-refractivity contribution in [1.82, 2.24) is 4.98 Å². The average molecular weight is 256 g/mol. The molecule has 2 rings (SSSR count). The predicted molar refractivity (Wildman–Crippen MR) is 74.5 cm³/mol. The van der Waals surface area contributed by atoms with E-state index in [0.29, 0.717) is 11.4 Å². The summed E-state index contributed by atoms with van der Waals surface area (Å²) in [4.78, 5) is 16.2. The van der Waals surface area contributed by atoms with E-state index in [2.05, 4.69) is 10.3 Å². The van der Waals surface area contributed by atoms with Crippen molar-refractivity contribution in [2.45, 2.75) is 20.8 Å². The van der Waals surface area contributed by atoms with E-state index >= 15 is 0 Å². The van der Waals surface area contributed by atoms with Crippen LogP contribution in [-0.2, 0) is 0 Å². The van der Waals surface area contributed by atoms with Gasteiger partial charge < -0.3 is 10.4 Å². The first kappa shape index (κ1) is 13.1. The second kappa shape index (κ2) is 5.10. The molecule has 2 N–H and O–H groups in total. The molecule has 0 spiro atoms. The number of hydrogen-bond donors (Lipinski definition) is 2. The van der Waals surface area contributed by atoms with Crippen LogP contribution in [0.3, 0.4) is 0 Å². The number of pyridine rings is 1. The lowest BCUT2D eigenvalue weighted by atomic mass is 10.1. The third-order valence-corrected chi connectivity index (χ3v) is 3.02. The largest absolute Gasteiger partial charge is 0.508 e. The van der Waals surface area contributed by atoms with Gasteiger partial charge in [-0.05, 0) is 55.7 Å². The van der Waals surface area contributed by atoms with Crippen LogP contribution in [0, 0.1) is 20.8 Å². The highest BCUT2D eigenvalue weighted by atomic mass is 16.3. The molecule has 0 aliphatic heterocycles. The fraction of sp³-hybridized carbons (Fsp3) is 0.200. The summed E-state index contributed by atoms with van der Waals surface area (Å²) in [7, 11) is 0. The van der Waals surface area contributed by atoms with Gasteiger partial charge in [0, 0.05) is 11.9 Å². The molecule has 0 radical (unpaired) electrons. The maximum Gasteiger partial charge on any atom is 0.274 e. The van der Waals surface area contributed by atoms with Crippen LogP contribution in [0.5, 0.6) is 5.75 Å². The Morgan fingerprint density at radius 2 is 1.89 bits per heavy atom. The first-order valence-corrected chi connectivity index (χ1v) is 6.02. The topological polar surface area (TPSA) is 62.2 Å². The van der Waals surface area contributed by atoms with Crippen LogP contribution < -0.4 is 5.32 Å². The highest BCUT2D eigenvalue weighted by molar-refractivity contribution is 6.04. The number of aromatic hydroxyl groups is 1. The van der Waals surface area contributed by atoms with Crippen molar-refractivity contribution >= 4 is 11.6 Å². The number of aryl methyl sites for hydroxylation is 3. The number of amides is 1. The number of carbonyl (C=O) groups excluding carboxylic acids is 1. The second-order valence-corrected chi connectivity index (χ2v) is 4.58. The van der Waals surface area contributed by atoms with Gasteiger partial charge in [0.05, 0.1) is 0 Å². The minimum absolute atomic E-state index is 0.226. The van der Waals surface area contributed by atoms with Crippen LogP contribution in [0.25, 0.3) is 0 Å².